The van der Waals surface area contributed by atoms with E-state index in [1.807, 2.05) is 0 Å². The first-order valence-corrected chi connectivity index (χ1v) is 8.20. The van der Waals surface area contributed by atoms with Crippen LogP contribution in [0.3, 0.4) is 0 Å². The molecular weight excluding hydrogens is 238 g/mol. The fraction of sp³-hybridized carbons (Fsp3) is 1.00. The molecule has 0 saturated carbocycles. The standard InChI is InChI=1S/C16H31NO2/c1-5-7-8-13(6-2)16-18-14-9-10-17(12(3)4)11-15(14)19-16/h12-16H,5-11H2,1-4H3. The number of piperidine rings is 1. The Balaban J connectivity index is 1.87. The van der Waals surface area contributed by atoms with Gasteiger partial charge in [-0.25, -0.2) is 0 Å². The molecule has 0 aliphatic carbocycles. The van der Waals surface area contributed by atoms with Gasteiger partial charge in [0.05, 0.1) is 12.2 Å². The Labute approximate surface area is 118 Å². The maximum atomic E-state index is 6.23. The number of nitrogens with zero attached hydrogens (tertiary/aromatic N) is 1. The Morgan fingerprint density at radius 3 is 2.53 bits per heavy atom. The quantitative estimate of drug-likeness (QED) is 0.737. The van der Waals surface area contributed by atoms with Gasteiger partial charge >= 0.3 is 0 Å². The van der Waals surface area contributed by atoms with Crippen molar-refractivity contribution in [1.29, 1.82) is 0 Å². The molecule has 0 radical (unpaired) electrons. The molecule has 0 amide bonds. The van der Waals surface area contributed by atoms with Gasteiger partial charge in [-0.3, -0.25) is 4.90 Å². The van der Waals surface area contributed by atoms with E-state index in [0.29, 0.717) is 24.2 Å². The fourth-order valence-electron chi connectivity index (χ4n) is 3.27. The SMILES string of the molecule is CCCCC(CC)C1OC2CCN(C(C)C)CC2O1. The molecule has 0 aromatic rings. The highest BCUT2D eigenvalue weighted by Crippen LogP contribution is 2.33. The van der Waals surface area contributed by atoms with Gasteiger partial charge in [-0.15, -0.1) is 0 Å². The number of unbranched alkanes of at least 4 members (excludes halogenated alkanes) is 1. The summed E-state index contributed by atoms with van der Waals surface area (Å²) < 4.78 is 12.4. The van der Waals surface area contributed by atoms with Crippen molar-refractivity contribution in [1.82, 2.24) is 4.90 Å². The topological polar surface area (TPSA) is 21.7 Å². The first kappa shape index (κ1) is 15.3. The third-order valence-corrected chi connectivity index (χ3v) is 4.72. The van der Waals surface area contributed by atoms with Crippen molar-refractivity contribution in [2.45, 2.75) is 84.3 Å². The van der Waals surface area contributed by atoms with Crippen molar-refractivity contribution in [3.8, 4) is 0 Å². The zero-order valence-electron chi connectivity index (χ0n) is 13.1. The van der Waals surface area contributed by atoms with Gasteiger partial charge < -0.3 is 9.47 Å². The molecule has 2 aliphatic heterocycles. The molecule has 4 atom stereocenters. The van der Waals surface area contributed by atoms with E-state index in [0.717, 1.165) is 25.9 Å². The van der Waals surface area contributed by atoms with Gasteiger partial charge in [0.2, 0.25) is 0 Å². The van der Waals surface area contributed by atoms with E-state index in [2.05, 4.69) is 32.6 Å². The normalized spacial score (nSPS) is 33.6. The summed E-state index contributed by atoms with van der Waals surface area (Å²) in [5.74, 6) is 0.582. The monoisotopic (exact) mass is 269 g/mol. The summed E-state index contributed by atoms with van der Waals surface area (Å²) in [7, 11) is 0. The second kappa shape index (κ2) is 7.05. The van der Waals surface area contributed by atoms with Crippen LogP contribution in [-0.2, 0) is 9.47 Å². The predicted octanol–water partition coefficient (Wildman–Crippen LogP) is 3.43. The van der Waals surface area contributed by atoms with E-state index in [-0.39, 0.29) is 6.29 Å². The number of ether oxygens (including phenoxy) is 2. The molecule has 112 valence electrons. The lowest BCUT2D eigenvalue weighted by atomic mass is 9.99. The second-order valence-electron chi connectivity index (χ2n) is 6.41. The van der Waals surface area contributed by atoms with Crippen molar-refractivity contribution < 1.29 is 9.47 Å². The highest BCUT2D eigenvalue weighted by Gasteiger charge is 2.42. The summed E-state index contributed by atoms with van der Waals surface area (Å²) in [6, 6.07) is 0.616. The van der Waals surface area contributed by atoms with Gasteiger partial charge in [-0.1, -0.05) is 26.7 Å². The molecule has 3 heteroatoms. The van der Waals surface area contributed by atoms with E-state index in [1.165, 1.54) is 19.3 Å². The van der Waals surface area contributed by atoms with E-state index >= 15 is 0 Å². The Morgan fingerprint density at radius 2 is 1.89 bits per heavy atom. The summed E-state index contributed by atoms with van der Waals surface area (Å²) in [5, 5.41) is 0. The van der Waals surface area contributed by atoms with Crippen LogP contribution >= 0.6 is 0 Å². The van der Waals surface area contributed by atoms with E-state index in [4.69, 9.17) is 9.47 Å². The summed E-state index contributed by atoms with van der Waals surface area (Å²) >= 11 is 0. The molecule has 4 unspecified atom stereocenters. The molecule has 0 N–H and O–H groups in total. The number of hydrogen-bond donors (Lipinski definition) is 0. The number of fused-ring (bicyclic) bond motifs is 1. The Morgan fingerprint density at radius 1 is 1.16 bits per heavy atom. The molecule has 3 nitrogen and oxygen atoms in total. The van der Waals surface area contributed by atoms with Crippen molar-refractivity contribution in [3.63, 3.8) is 0 Å². The molecule has 2 rings (SSSR count). The van der Waals surface area contributed by atoms with Crippen LogP contribution in [0.2, 0.25) is 0 Å². The van der Waals surface area contributed by atoms with Crippen LogP contribution in [0.25, 0.3) is 0 Å². The number of likely N-dealkylation sites (tertiary alicyclic amines) is 1. The van der Waals surface area contributed by atoms with Gasteiger partial charge in [-0.05, 0) is 33.1 Å². The average Bonchev–Trinajstić information content (AvgIpc) is 2.82. The predicted molar refractivity (Wildman–Crippen MR) is 78.2 cm³/mol. The lowest BCUT2D eigenvalue weighted by molar-refractivity contribution is -0.106. The largest absolute Gasteiger partial charge is 0.346 e. The first-order chi connectivity index (χ1) is 9.15. The molecule has 2 saturated heterocycles. The van der Waals surface area contributed by atoms with Crippen LogP contribution in [0.15, 0.2) is 0 Å². The van der Waals surface area contributed by atoms with Crippen LogP contribution in [0.5, 0.6) is 0 Å². The summed E-state index contributed by atoms with van der Waals surface area (Å²) in [6.45, 7) is 11.2. The van der Waals surface area contributed by atoms with Crippen molar-refractivity contribution in [3.05, 3.63) is 0 Å². The molecule has 2 fully saturated rings. The van der Waals surface area contributed by atoms with Gasteiger partial charge in [0, 0.05) is 25.0 Å². The van der Waals surface area contributed by atoms with Crippen LogP contribution in [0.4, 0.5) is 0 Å². The number of hydrogen-bond acceptors (Lipinski definition) is 3. The van der Waals surface area contributed by atoms with Crippen molar-refractivity contribution >= 4 is 0 Å². The zero-order chi connectivity index (χ0) is 13.8. The zero-order valence-corrected chi connectivity index (χ0v) is 13.1. The van der Waals surface area contributed by atoms with Gasteiger partial charge in [0.1, 0.15) is 0 Å². The molecule has 0 aromatic carbocycles. The summed E-state index contributed by atoms with van der Waals surface area (Å²) in [4.78, 5) is 2.51. The Kier molecular flexibility index (Phi) is 5.67. The minimum atomic E-state index is 0.0543. The molecule has 0 bridgehead atoms. The summed E-state index contributed by atoms with van der Waals surface area (Å²) in [6.07, 6.45) is 6.78. The van der Waals surface area contributed by atoms with Gasteiger partial charge in [-0.2, -0.15) is 0 Å². The maximum absolute atomic E-state index is 6.23. The fourth-order valence-corrected chi connectivity index (χ4v) is 3.27. The minimum Gasteiger partial charge on any atom is -0.346 e. The van der Waals surface area contributed by atoms with Crippen LogP contribution in [0.1, 0.15) is 59.8 Å². The molecule has 2 heterocycles. The van der Waals surface area contributed by atoms with Gasteiger partial charge in [0.15, 0.2) is 6.29 Å². The maximum Gasteiger partial charge on any atom is 0.161 e. The molecule has 2 aliphatic rings. The minimum absolute atomic E-state index is 0.0543. The Bertz CT molecular complexity index is 269. The molecule has 0 aromatic heterocycles. The lowest BCUT2D eigenvalue weighted by Crippen LogP contribution is -2.47. The average molecular weight is 269 g/mol. The van der Waals surface area contributed by atoms with Crippen molar-refractivity contribution in [2.24, 2.45) is 5.92 Å². The number of rotatable bonds is 6. The third kappa shape index (κ3) is 3.71. The smallest absolute Gasteiger partial charge is 0.161 e. The highest BCUT2D eigenvalue weighted by molar-refractivity contribution is 4.88. The third-order valence-electron chi connectivity index (χ3n) is 4.72. The van der Waals surface area contributed by atoms with Crippen LogP contribution < -0.4 is 0 Å². The highest BCUT2D eigenvalue weighted by atomic mass is 16.7. The Hall–Kier alpha value is -0.120. The first-order valence-electron chi connectivity index (χ1n) is 8.20. The van der Waals surface area contributed by atoms with Crippen molar-refractivity contribution in [2.75, 3.05) is 13.1 Å². The lowest BCUT2D eigenvalue weighted by Gasteiger charge is -2.35. The van der Waals surface area contributed by atoms with Crippen LogP contribution in [-0.4, -0.2) is 42.5 Å². The summed E-state index contributed by atoms with van der Waals surface area (Å²) in [5.41, 5.74) is 0. The van der Waals surface area contributed by atoms with E-state index in [9.17, 15) is 0 Å². The molecular formula is C16H31NO2. The van der Waals surface area contributed by atoms with E-state index in [1.54, 1.807) is 0 Å². The van der Waals surface area contributed by atoms with Crippen LogP contribution in [0, 0.1) is 5.92 Å². The second-order valence-corrected chi connectivity index (χ2v) is 6.41. The molecule has 19 heavy (non-hydrogen) atoms. The van der Waals surface area contributed by atoms with Gasteiger partial charge in [0.25, 0.3) is 0 Å². The molecule has 0 spiro atoms. The van der Waals surface area contributed by atoms with E-state index < -0.39 is 0 Å².